The van der Waals surface area contributed by atoms with Crippen molar-refractivity contribution in [1.29, 1.82) is 5.26 Å². The Morgan fingerprint density at radius 2 is 2.03 bits per heavy atom. The lowest BCUT2D eigenvalue weighted by Gasteiger charge is -2.29. The van der Waals surface area contributed by atoms with Crippen LogP contribution in [0.2, 0.25) is 0 Å². The Bertz CT molecular complexity index is 1220. The van der Waals surface area contributed by atoms with Crippen molar-refractivity contribution >= 4 is 21.1 Å². The molecule has 0 radical (unpaired) electrons. The maximum absolute atomic E-state index is 12.4. The first-order chi connectivity index (χ1) is 14.4. The minimum Gasteiger partial charge on any atom is -0.474 e. The lowest BCUT2D eigenvalue weighted by molar-refractivity contribution is 0.231. The molecule has 9 nitrogen and oxygen atoms in total. The fraction of sp³-hybridized carbons (Fsp3) is 0.400. The predicted octanol–water partition coefficient (Wildman–Crippen LogP) is 2.37. The van der Waals surface area contributed by atoms with Gasteiger partial charge in [0.2, 0.25) is 5.88 Å². The highest BCUT2D eigenvalue weighted by Crippen LogP contribution is 2.28. The van der Waals surface area contributed by atoms with E-state index in [2.05, 4.69) is 30.4 Å². The van der Waals surface area contributed by atoms with E-state index in [0.29, 0.717) is 47.2 Å². The van der Waals surface area contributed by atoms with Crippen LogP contribution in [-0.2, 0) is 9.73 Å². The summed E-state index contributed by atoms with van der Waals surface area (Å²) in [5, 5.41) is 13.7. The molecule has 3 aromatic heterocycles. The van der Waals surface area contributed by atoms with Gasteiger partial charge in [0, 0.05) is 53.1 Å². The molecule has 30 heavy (non-hydrogen) atoms. The van der Waals surface area contributed by atoms with E-state index in [4.69, 9.17) is 4.74 Å². The number of nitriles is 1. The number of anilines is 1. The van der Waals surface area contributed by atoms with Gasteiger partial charge in [-0.1, -0.05) is 0 Å². The number of ether oxygens (including phenoxy) is 1. The Kier molecular flexibility index (Phi) is 5.30. The average molecular weight is 426 g/mol. The highest BCUT2D eigenvalue weighted by Gasteiger charge is 2.21. The Hall–Kier alpha value is -3.19. The van der Waals surface area contributed by atoms with E-state index in [1.807, 2.05) is 26.0 Å². The number of aromatic nitrogens is 4. The molecule has 1 fully saturated rings. The van der Waals surface area contributed by atoms with Gasteiger partial charge in [-0.2, -0.15) is 10.4 Å². The number of hydrogen-bond acceptors (Lipinski definition) is 8. The summed E-state index contributed by atoms with van der Waals surface area (Å²) < 4.78 is 23.8. The summed E-state index contributed by atoms with van der Waals surface area (Å²) in [7, 11) is -0.442. The molecule has 0 atom stereocenters. The van der Waals surface area contributed by atoms with Gasteiger partial charge in [0.1, 0.15) is 28.7 Å². The fourth-order valence-corrected chi connectivity index (χ4v) is 5.00. The highest BCUT2D eigenvalue weighted by atomic mass is 32.2. The normalized spacial score (nSPS) is 15.9. The van der Waals surface area contributed by atoms with Gasteiger partial charge in [0.05, 0.1) is 18.5 Å². The van der Waals surface area contributed by atoms with Crippen molar-refractivity contribution in [2.24, 2.45) is 4.36 Å². The molecule has 0 aromatic carbocycles. The minimum atomic E-state index is -2.07. The third-order valence-corrected chi connectivity index (χ3v) is 7.30. The molecule has 0 aliphatic carbocycles. The number of hydrogen-bond donors (Lipinski definition) is 0. The molecule has 4 heterocycles. The molecule has 0 unspecified atom stereocenters. The molecule has 0 spiro atoms. The predicted molar refractivity (Wildman–Crippen MR) is 115 cm³/mol. The van der Waals surface area contributed by atoms with Crippen LogP contribution in [0.5, 0.6) is 5.88 Å². The van der Waals surface area contributed by atoms with Gasteiger partial charge >= 0.3 is 0 Å². The first kappa shape index (κ1) is 20.1. The number of rotatable bonds is 4. The summed E-state index contributed by atoms with van der Waals surface area (Å²) in [6.45, 7) is 5.16. The molecule has 3 aromatic rings. The van der Waals surface area contributed by atoms with Gasteiger partial charge in [0.15, 0.2) is 0 Å². The van der Waals surface area contributed by atoms with Crippen LogP contribution in [0.3, 0.4) is 0 Å². The van der Waals surface area contributed by atoms with Gasteiger partial charge in [-0.25, -0.2) is 23.1 Å². The Morgan fingerprint density at radius 3 is 2.63 bits per heavy atom. The summed E-state index contributed by atoms with van der Waals surface area (Å²) in [6, 6.07) is 6.01. The van der Waals surface area contributed by atoms with Crippen LogP contribution in [-0.4, -0.2) is 61.5 Å². The highest BCUT2D eigenvalue weighted by molar-refractivity contribution is 7.93. The molecule has 1 saturated heterocycles. The summed E-state index contributed by atoms with van der Waals surface area (Å²) >= 11 is 0. The molecule has 0 amide bonds. The lowest BCUT2D eigenvalue weighted by Crippen LogP contribution is -2.40. The third-order valence-electron chi connectivity index (χ3n) is 4.99. The molecule has 10 heteroatoms. The van der Waals surface area contributed by atoms with Crippen molar-refractivity contribution in [3.8, 4) is 23.2 Å². The van der Waals surface area contributed by atoms with Crippen LogP contribution >= 0.6 is 0 Å². The molecule has 0 bridgehead atoms. The van der Waals surface area contributed by atoms with Crippen molar-refractivity contribution in [1.82, 2.24) is 19.6 Å². The standard InChI is InChI=1S/C20H23N7O2S/c1-14(2)29-18-13-27-20(16(10-21)12-24-27)19(25-18)15-4-5-17(23-11-15)26-6-8-30(28,22-3)9-7-26/h4-5,11-14H,6-9H2,1-3H3. The van der Waals surface area contributed by atoms with Crippen molar-refractivity contribution in [2.75, 3.05) is 36.5 Å². The van der Waals surface area contributed by atoms with Crippen molar-refractivity contribution < 1.29 is 8.95 Å². The summed E-state index contributed by atoms with van der Waals surface area (Å²) in [5.41, 5.74) is 2.41. The Morgan fingerprint density at radius 1 is 1.27 bits per heavy atom. The second-order valence-corrected chi connectivity index (χ2v) is 10.0. The van der Waals surface area contributed by atoms with E-state index in [-0.39, 0.29) is 6.10 Å². The minimum absolute atomic E-state index is 0.0430. The number of pyridine rings is 1. The third kappa shape index (κ3) is 3.80. The van der Waals surface area contributed by atoms with E-state index >= 15 is 0 Å². The van der Waals surface area contributed by atoms with E-state index < -0.39 is 9.73 Å². The molecule has 1 aliphatic rings. The van der Waals surface area contributed by atoms with E-state index in [1.165, 1.54) is 6.20 Å². The van der Waals surface area contributed by atoms with Gasteiger partial charge in [-0.05, 0) is 26.0 Å². The topological polar surface area (TPSA) is 109 Å². The number of fused-ring (bicyclic) bond motifs is 1. The maximum atomic E-state index is 12.4. The zero-order valence-corrected chi connectivity index (χ0v) is 18.0. The smallest absolute Gasteiger partial charge is 0.233 e. The summed E-state index contributed by atoms with van der Waals surface area (Å²) in [4.78, 5) is 11.3. The number of nitrogens with zero attached hydrogens (tertiary/aromatic N) is 7. The van der Waals surface area contributed by atoms with Crippen LogP contribution in [0.15, 0.2) is 35.1 Å². The summed E-state index contributed by atoms with van der Waals surface area (Å²) in [6.07, 6.45) is 4.89. The van der Waals surface area contributed by atoms with Gasteiger partial charge in [-0.15, -0.1) is 0 Å². The maximum Gasteiger partial charge on any atom is 0.233 e. The zero-order chi connectivity index (χ0) is 21.3. The second-order valence-electron chi connectivity index (χ2n) is 7.31. The first-order valence-electron chi connectivity index (χ1n) is 9.69. The quantitative estimate of drug-likeness (QED) is 0.631. The van der Waals surface area contributed by atoms with Gasteiger partial charge in [-0.3, -0.25) is 0 Å². The van der Waals surface area contributed by atoms with Crippen LogP contribution in [0, 0.1) is 11.3 Å². The van der Waals surface area contributed by atoms with Crippen LogP contribution in [0.4, 0.5) is 5.82 Å². The largest absolute Gasteiger partial charge is 0.474 e. The summed E-state index contributed by atoms with van der Waals surface area (Å²) in [5.74, 6) is 2.34. The van der Waals surface area contributed by atoms with E-state index in [9.17, 15) is 9.47 Å². The average Bonchev–Trinajstić information content (AvgIpc) is 3.16. The van der Waals surface area contributed by atoms with E-state index in [0.717, 1.165) is 11.4 Å². The van der Waals surface area contributed by atoms with Crippen molar-refractivity contribution in [2.45, 2.75) is 20.0 Å². The van der Waals surface area contributed by atoms with Gasteiger partial charge in [0.25, 0.3) is 0 Å². The van der Waals surface area contributed by atoms with Crippen LogP contribution in [0.25, 0.3) is 16.8 Å². The molecule has 0 saturated carbocycles. The second kappa shape index (κ2) is 7.91. The molecular weight excluding hydrogens is 402 g/mol. The molecular formula is C20H23N7O2S. The zero-order valence-electron chi connectivity index (χ0n) is 17.1. The Balaban J connectivity index is 1.69. The monoisotopic (exact) mass is 425 g/mol. The fourth-order valence-electron chi connectivity index (χ4n) is 3.42. The Labute approximate surface area is 175 Å². The van der Waals surface area contributed by atoms with Crippen LogP contribution < -0.4 is 9.64 Å². The van der Waals surface area contributed by atoms with Crippen LogP contribution in [0.1, 0.15) is 19.4 Å². The molecule has 0 N–H and O–H groups in total. The van der Waals surface area contributed by atoms with E-state index in [1.54, 1.807) is 24.0 Å². The molecule has 4 rings (SSSR count). The van der Waals surface area contributed by atoms with Crippen molar-refractivity contribution in [3.05, 3.63) is 36.3 Å². The first-order valence-corrected chi connectivity index (χ1v) is 11.5. The molecule has 1 aliphatic heterocycles. The van der Waals surface area contributed by atoms with Crippen molar-refractivity contribution in [3.63, 3.8) is 0 Å². The molecule has 156 valence electrons. The SMILES string of the molecule is CN=S1(=O)CCN(c2ccc(-c3nc(OC(C)C)cn4ncc(C#N)c34)cn2)CC1. The lowest BCUT2D eigenvalue weighted by atomic mass is 10.1. The van der Waals surface area contributed by atoms with Gasteiger partial charge < -0.3 is 9.64 Å².